The first kappa shape index (κ1) is 12.2. The number of rotatable bonds is 4. The van der Waals surface area contributed by atoms with E-state index in [1.807, 2.05) is 6.92 Å². The number of nitrogens with zero attached hydrogens (tertiary/aromatic N) is 2. The molecule has 1 aromatic heterocycles. The number of aromatic nitrogens is 2. The van der Waals surface area contributed by atoms with E-state index >= 15 is 0 Å². The Bertz CT molecular complexity index is 393. The summed E-state index contributed by atoms with van der Waals surface area (Å²) in [5.74, 6) is 1.45. The van der Waals surface area contributed by atoms with Crippen LogP contribution in [0.4, 0.5) is 11.6 Å². The molecule has 0 aliphatic rings. The number of ether oxygens (including phenoxy) is 1. The number of nitrogens with two attached hydrogens (primary N) is 1. The lowest BCUT2D eigenvalue weighted by Gasteiger charge is -2.10. The second-order valence-corrected chi connectivity index (χ2v) is 3.38. The predicted octanol–water partition coefficient (Wildman–Crippen LogP) is 0.651. The highest BCUT2D eigenvalue weighted by Crippen LogP contribution is 2.16. The second-order valence-electron chi connectivity index (χ2n) is 3.38. The van der Waals surface area contributed by atoms with Gasteiger partial charge in [0, 0.05) is 12.1 Å². The third kappa shape index (κ3) is 3.08. The van der Waals surface area contributed by atoms with Crippen molar-refractivity contribution in [3.63, 3.8) is 0 Å². The van der Waals surface area contributed by atoms with Gasteiger partial charge in [0.05, 0.1) is 13.5 Å². The molecule has 6 heteroatoms. The zero-order valence-corrected chi connectivity index (χ0v) is 9.70. The minimum Gasteiger partial charge on any atom is -0.469 e. The van der Waals surface area contributed by atoms with Crippen molar-refractivity contribution in [2.24, 2.45) is 0 Å². The fraction of sp³-hybridized carbons (Fsp3) is 0.500. The highest BCUT2D eigenvalue weighted by Gasteiger charge is 2.06. The molecular formula is C10H16N4O2. The van der Waals surface area contributed by atoms with Crippen LogP contribution < -0.4 is 11.1 Å². The van der Waals surface area contributed by atoms with Crippen molar-refractivity contribution in [1.82, 2.24) is 9.97 Å². The minimum atomic E-state index is -0.260. The summed E-state index contributed by atoms with van der Waals surface area (Å²) in [6.07, 6.45) is 0.291. The molecule has 0 saturated heterocycles. The number of carbonyl (C=O) groups excluding carboxylic acids is 1. The van der Waals surface area contributed by atoms with Crippen molar-refractivity contribution in [2.45, 2.75) is 20.3 Å². The molecule has 0 saturated carbocycles. The molecule has 0 fully saturated rings. The van der Waals surface area contributed by atoms with Crippen molar-refractivity contribution < 1.29 is 9.53 Å². The van der Waals surface area contributed by atoms with Gasteiger partial charge in [-0.25, -0.2) is 9.97 Å². The van der Waals surface area contributed by atoms with Crippen LogP contribution in [0.25, 0.3) is 0 Å². The van der Waals surface area contributed by atoms with Gasteiger partial charge >= 0.3 is 5.97 Å². The summed E-state index contributed by atoms with van der Waals surface area (Å²) in [4.78, 5) is 19.1. The topological polar surface area (TPSA) is 90.1 Å². The van der Waals surface area contributed by atoms with Crippen LogP contribution in [0, 0.1) is 13.8 Å². The number of methoxy groups -OCH3 is 1. The van der Waals surface area contributed by atoms with Gasteiger partial charge in [-0.15, -0.1) is 0 Å². The van der Waals surface area contributed by atoms with Gasteiger partial charge in [0.15, 0.2) is 0 Å². The lowest BCUT2D eigenvalue weighted by atomic mass is 10.3. The van der Waals surface area contributed by atoms with Crippen LogP contribution in [-0.2, 0) is 9.53 Å². The molecule has 6 nitrogen and oxygen atoms in total. The molecule has 1 heterocycles. The number of carbonyl (C=O) groups is 1. The molecule has 0 unspecified atom stereocenters. The van der Waals surface area contributed by atoms with E-state index in [2.05, 4.69) is 20.0 Å². The van der Waals surface area contributed by atoms with Crippen LogP contribution >= 0.6 is 0 Å². The molecule has 0 aliphatic carbocycles. The zero-order valence-electron chi connectivity index (χ0n) is 9.70. The molecular weight excluding hydrogens is 208 g/mol. The normalized spacial score (nSPS) is 9.94. The molecule has 0 aliphatic heterocycles. The van der Waals surface area contributed by atoms with Gasteiger partial charge in [0.2, 0.25) is 0 Å². The number of hydrogen-bond acceptors (Lipinski definition) is 6. The number of nitrogens with one attached hydrogen (secondary N) is 1. The van der Waals surface area contributed by atoms with E-state index in [0.717, 1.165) is 5.56 Å². The zero-order chi connectivity index (χ0) is 12.1. The van der Waals surface area contributed by atoms with Crippen LogP contribution in [0.2, 0.25) is 0 Å². The summed E-state index contributed by atoms with van der Waals surface area (Å²) in [6.45, 7) is 4.06. The Morgan fingerprint density at radius 1 is 1.44 bits per heavy atom. The molecule has 0 spiro atoms. The molecule has 16 heavy (non-hydrogen) atoms. The minimum absolute atomic E-state index is 0.260. The number of aryl methyl sites for hydroxylation is 1. The maximum absolute atomic E-state index is 10.9. The Morgan fingerprint density at radius 3 is 2.75 bits per heavy atom. The summed E-state index contributed by atoms with van der Waals surface area (Å²) in [5, 5.41) is 3.03. The van der Waals surface area contributed by atoms with Crippen molar-refractivity contribution >= 4 is 17.6 Å². The first-order valence-electron chi connectivity index (χ1n) is 4.96. The van der Waals surface area contributed by atoms with Gasteiger partial charge in [-0.3, -0.25) is 4.79 Å². The standard InChI is InChI=1S/C10H16N4O2/c1-6-9(11)13-7(2)14-10(6)12-5-4-8(15)16-3/h4-5H2,1-3H3,(H3,11,12,13,14). The highest BCUT2D eigenvalue weighted by molar-refractivity contribution is 5.70. The van der Waals surface area contributed by atoms with Crippen LogP contribution in [-0.4, -0.2) is 29.6 Å². The van der Waals surface area contributed by atoms with E-state index in [0.29, 0.717) is 30.4 Å². The Balaban J connectivity index is 2.63. The largest absolute Gasteiger partial charge is 0.469 e. The molecule has 3 N–H and O–H groups in total. The molecule has 0 atom stereocenters. The van der Waals surface area contributed by atoms with Crippen molar-refractivity contribution in [3.8, 4) is 0 Å². The van der Waals surface area contributed by atoms with Crippen LogP contribution in [0.15, 0.2) is 0 Å². The Morgan fingerprint density at radius 2 is 2.12 bits per heavy atom. The monoisotopic (exact) mass is 224 g/mol. The van der Waals surface area contributed by atoms with Crippen LogP contribution in [0.1, 0.15) is 17.8 Å². The maximum atomic E-state index is 10.9. The van der Waals surface area contributed by atoms with E-state index in [9.17, 15) is 4.79 Å². The fourth-order valence-electron chi connectivity index (χ4n) is 1.21. The molecule has 0 aromatic carbocycles. The lowest BCUT2D eigenvalue weighted by Crippen LogP contribution is -2.13. The molecule has 1 aromatic rings. The van der Waals surface area contributed by atoms with Crippen molar-refractivity contribution in [2.75, 3.05) is 24.7 Å². The highest BCUT2D eigenvalue weighted by atomic mass is 16.5. The van der Waals surface area contributed by atoms with Crippen LogP contribution in [0.5, 0.6) is 0 Å². The van der Waals surface area contributed by atoms with E-state index in [4.69, 9.17) is 5.73 Å². The Kier molecular flexibility index (Phi) is 4.04. The Labute approximate surface area is 94.2 Å². The first-order chi connectivity index (χ1) is 7.54. The average Bonchev–Trinajstić information content (AvgIpc) is 2.24. The fourth-order valence-corrected chi connectivity index (χ4v) is 1.21. The summed E-state index contributed by atoms with van der Waals surface area (Å²) < 4.78 is 4.53. The summed E-state index contributed by atoms with van der Waals surface area (Å²) in [5.41, 5.74) is 6.48. The average molecular weight is 224 g/mol. The third-order valence-electron chi connectivity index (χ3n) is 2.14. The third-order valence-corrected chi connectivity index (χ3v) is 2.14. The SMILES string of the molecule is COC(=O)CCNc1nc(C)nc(N)c1C. The van der Waals surface area contributed by atoms with E-state index < -0.39 is 0 Å². The lowest BCUT2D eigenvalue weighted by molar-refractivity contribution is -0.140. The summed E-state index contributed by atoms with van der Waals surface area (Å²) >= 11 is 0. The number of anilines is 2. The second kappa shape index (κ2) is 5.29. The van der Waals surface area contributed by atoms with Gasteiger partial charge < -0.3 is 15.8 Å². The molecule has 1 rings (SSSR count). The van der Waals surface area contributed by atoms with E-state index in [1.54, 1.807) is 6.92 Å². The summed E-state index contributed by atoms with van der Waals surface area (Å²) in [7, 11) is 1.36. The van der Waals surface area contributed by atoms with E-state index in [1.165, 1.54) is 7.11 Å². The van der Waals surface area contributed by atoms with Gasteiger partial charge in [0.25, 0.3) is 0 Å². The van der Waals surface area contributed by atoms with Crippen molar-refractivity contribution in [1.29, 1.82) is 0 Å². The maximum Gasteiger partial charge on any atom is 0.307 e. The number of nitrogen functional groups attached to an aromatic ring is 1. The van der Waals surface area contributed by atoms with Crippen LogP contribution in [0.3, 0.4) is 0 Å². The number of hydrogen-bond donors (Lipinski definition) is 2. The molecule has 88 valence electrons. The molecule has 0 amide bonds. The van der Waals surface area contributed by atoms with Crippen molar-refractivity contribution in [3.05, 3.63) is 11.4 Å². The van der Waals surface area contributed by atoms with Gasteiger partial charge in [-0.05, 0) is 13.8 Å². The Hall–Kier alpha value is -1.85. The quantitative estimate of drug-likeness (QED) is 0.730. The first-order valence-corrected chi connectivity index (χ1v) is 4.96. The number of esters is 1. The van der Waals surface area contributed by atoms with Gasteiger partial charge in [-0.1, -0.05) is 0 Å². The molecule has 0 bridgehead atoms. The van der Waals surface area contributed by atoms with E-state index in [-0.39, 0.29) is 5.97 Å². The molecule has 0 radical (unpaired) electrons. The van der Waals surface area contributed by atoms with Gasteiger partial charge in [0.1, 0.15) is 17.5 Å². The van der Waals surface area contributed by atoms with Gasteiger partial charge in [-0.2, -0.15) is 0 Å². The predicted molar refractivity (Wildman–Crippen MR) is 61.0 cm³/mol. The summed E-state index contributed by atoms with van der Waals surface area (Å²) in [6, 6.07) is 0. The smallest absolute Gasteiger partial charge is 0.307 e.